The van der Waals surface area contributed by atoms with Crippen LogP contribution in [0.5, 0.6) is 0 Å². The Balaban J connectivity index is 1.60. The monoisotopic (exact) mass is 667 g/mol. The third-order valence-electron chi connectivity index (χ3n) is 9.56. The zero-order chi connectivity index (χ0) is 33.2. The highest BCUT2D eigenvalue weighted by molar-refractivity contribution is 7.92. The van der Waals surface area contributed by atoms with Crippen molar-refractivity contribution in [3.05, 3.63) is 65.0 Å². The number of esters is 1. The molecule has 45 heavy (non-hydrogen) atoms. The fourth-order valence-electron chi connectivity index (χ4n) is 7.30. The molecule has 5 rings (SSSR count). The van der Waals surface area contributed by atoms with Gasteiger partial charge in [-0.1, -0.05) is 18.2 Å². The van der Waals surface area contributed by atoms with E-state index in [0.717, 1.165) is 30.3 Å². The summed E-state index contributed by atoms with van der Waals surface area (Å²) in [6.45, 7) is -0.0970. The summed E-state index contributed by atoms with van der Waals surface area (Å²) < 4.78 is 142. The SMILES string of the molecule is COC(=O)[C@H]1CC[C@H](C(=O)N2CC[C@@]3(S(=O)(=O)c4ccc(F)cc4)c4ccc(C(F)(C(F)(F)F)C(F)(F)F)cc4CC[C@@H]23)CC1. The first-order valence-electron chi connectivity index (χ1n) is 14.2. The van der Waals surface area contributed by atoms with Crippen LogP contribution in [0.1, 0.15) is 55.2 Å². The molecule has 2 aromatic rings. The minimum absolute atomic E-state index is 0.0970. The molecule has 6 nitrogen and oxygen atoms in total. The van der Waals surface area contributed by atoms with E-state index in [1.165, 1.54) is 12.0 Å². The Labute approximate surface area is 253 Å². The first-order valence-corrected chi connectivity index (χ1v) is 15.7. The highest BCUT2D eigenvalue weighted by atomic mass is 32.2. The Bertz CT molecular complexity index is 1570. The van der Waals surface area contributed by atoms with E-state index in [-0.39, 0.29) is 53.7 Å². The van der Waals surface area contributed by atoms with Gasteiger partial charge in [0, 0.05) is 18.0 Å². The van der Waals surface area contributed by atoms with Crippen molar-refractivity contribution in [2.45, 2.75) is 78.7 Å². The fourth-order valence-corrected chi connectivity index (χ4v) is 9.66. The van der Waals surface area contributed by atoms with E-state index in [2.05, 4.69) is 0 Å². The van der Waals surface area contributed by atoms with Crippen molar-refractivity contribution < 1.29 is 57.9 Å². The van der Waals surface area contributed by atoms with E-state index < -0.39 is 61.9 Å². The minimum atomic E-state index is -6.36. The maximum Gasteiger partial charge on any atom is 0.435 e. The van der Waals surface area contributed by atoms with E-state index >= 15 is 0 Å². The molecular formula is C30H29F8NO5S. The number of nitrogens with zero attached hydrogens (tertiary/aromatic N) is 1. The van der Waals surface area contributed by atoms with Crippen molar-refractivity contribution in [3.8, 4) is 0 Å². The molecule has 1 heterocycles. The number of aryl methyl sites for hydroxylation is 1. The van der Waals surface area contributed by atoms with Crippen LogP contribution < -0.4 is 0 Å². The summed E-state index contributed by atoms with van der Waals surface area (Å²) in [4.78, 5) is 26.8. The largest absolute Gasteiger partial charge is 0.469 e. The molecule has 1 aliphatic heterocycles. The zero-order valence-electron chi connectivity index (χ0n) is 23.9. The van der Waals surface area contributed by atoms with E-state index in [1.54, 1.807) is 0 Å². The molecule has 2 aliphatic carbocycles. The van der Waals surface area contributed by atoms with Gasteiger partial charge in [-0.2, -0.15) is 26.3 Å². The van der Waals surface area contributed by atoms with Crippen LogP contribution in [0.3, 0.4) is 0 Å². The standard InChI is InChI=1S/C30H29F8NO5S/c1-44-26(41)18-4-2-17(3-5-18)25(40)39-15-14-27(45(42,43)22-10-8-21(31)9-11-22)23-12-7-20(16-19(23)6-13-24(27)39)28(32,29(33,34)35)30(36,37)38/h7-12,16-18,24H,2-6,13-15H2,1H3/t17-,18-,24-,27-/m1/s1. The number of hydrogen-bond acceptors (Lipinski definition) is 5. The van der Waals surface area contributed by atoms with Gasteiger partial charge in [-0.05, 0) is 80.3 Å². The Morgan fingerprint density at radius 1 is 0.867 bits per heavy atom. The lowest BCUT2D eigenvalue weighted by Crippen LogP contribution is -2.53. The molecule has 0 spiro atoms. The summed E-state index contributed by atoms with van der Waals surface area (Å²) >= 11 is 0. The number of alkyl halides is 7. The number of carbonyl (C=O) groups is 2. The number of halogens is 8. The molecule has 0 radical (unpaired) electrons. The van der Waals surface area contributed by atoms with Gasteiger partial charge in [-0.25, -0.2) is 17.2 Å². The van der Waals surface area contributed by atoms with Gasteiger partial charge in [-0.3, -0.25) is 9.59 Å². The van der Waals surface area contributed by atoms with Crippen LogP contribution in [0.2, 0.25) is 0 Å². The lowest BCUT2D eigenvalue weighted by molar-refractivity contribution is -0.348. The number of fused-ring (bicyclic) bond motifs is 3. The molecule has 0 unspecified atom stereocenters. The molecule has 0 bridgehead atoms. The molecule has 2 aromatic carbocycles. The van der Waals surface area contributed by atoms with Crippen LogP contribution in [0.25, 0.3) is 0 Å². The summed E-state index contributed by atoms with van der Waals surface area (Å²) in [5, 5.41) is 0. The molecule has 2 atom stereocenters. The summed E-state index contributed by atoms with van der Waals surface area (Å²) in [5.41, 5.74) is -7.81. The summed E-state index contributed by atoms with van der Waals surface area (Å²) in [5.74, 6) is -2.47. The predicted molar refractivity (Wildman–Crippen MR) is 143 cm³/mol. The third kappa shape index (κ3) is 5.09. The van der Waals surface area contributed by atoms with Crippen molar-refractivity contribution in [2.24, 2.45) is 11.8 Å². The number of methoxy groups -OCH3 is 1. The first-order chi connectivity index (χ1) is 20.9. The van der Waals surface area contributed by atoms with Gasteiger partial charge in [0.2, 0.25) is 5.91 Å². The van der Waals surface area contributed by atoms with Crippen LogP contribution in [0.4, 0.5) is 35.1 Å². The van der Waals surface area contributed by atoms with Crippen molar-refractivity contribution in [1.82, 2.24) is 4.90 Å². The number of ether oxygens (including phenoxy) is 1. The van der Waals surface area contributed by atoms with Gasteiger partial charge < -0.3 is 9.64 Å². The van der Waals surface area contributed by atoms with Crippen molar-refractivity contribution in [3.63, 3.8) is 0 Å². The van der Waals surface area contributed by atoms with Gasteiger partial charge in [0.15, 0.2) is 9.84 Å². The van der Waals surface area contributed by atoms with Crippen molar-refractivity contribution in [2.75, 3.05) is 13.7 Å². The lowest BCUT2D eigenvalue weighted by atomic mass is 9.76. The average Bonchev–Trinajstić information content (AvgIpc) is 3.40. The molecule has 1 saturated carbocycles. The smallest absolute Gasteiger partial charge is 0.435 e. The molecule has 0 N–H and O–H groups in total. The highest BCUT2D eigenvalue weighted by Gasteiger charge is 2.74. The molecule has 2 fully saturated rings. The maximum atomic E-state index is 15.0. The van der Waals surface area contributed by atoms with Crippen molar-refractivity contribution >= 4 is 21.7 Å². The lowest BCUT2D eigenvalue weighted by Gasteiger charge is -2.44. The van der Waals surface area contributed by atoms with Gasteiger partial charge in [0.05, 0.1) is 24.0 Å². The van der Waals surface area contributed by atoms with Crippen LogP contribution in [0, 0.1) is 17.7 Å². The second kappa shape index (κ2) is 11.2. The highest BCUT2D eigenvalue weighted by Crippen LogP contribution is 2.57. The normalized spacial score (nSPS) is 25.8. The van der Waals surface area contributed by atoms with E-state index in [4.69, 9.17) is 4.74 Å². The van der Waals surface area contributed by atoms with Crippen LogP contribution >= 0.6 is 0 Å². The van der Waals surface area contributed by atoms with Crippen molar-refractivity contribution in [1.29, 1.82) is 0 Å². The Morgan fingerprint density at radius 2 is 1.44 bits per heavy atom. The first kappa shape index (κ1) is 33.1. The molecule has 246 valence electrons. The number of rotatable bonds is 5. The van der Waals surface area contributed by atoms with Gasteiger partial charge in [0.25, 0.3) is 0 Å². The van der Waals surface area contributed by atoms with Crippen LogP contribution in [-0.4, -0.2) is 57.2 Å². The zero-order valence-corrected chi connectivity index (χ0v) is 24.7. The number of benzene rings is 2. The quantitative estimate of drug-likeness (QED) is 0.212. The summed E-state index contributed by atoms with van der Waals surface area (Å²) in [6.07, 6.45) is -12.0. The number of hydrogen-bond donors (Lipinski definition) is 0. The van der Waals surface area contributed by atoms with Gasteiger partial charge in [0.1, 0.15) is 10.6 Å². The number of carbonyl (C=O) groups excluding carboxylic acids is 2. The van der Waals surface area contributed by atoms with Crippen LogP contribution in [-0.2, 0) is 41.0 Å². The second-order valence-corrected chi connectivity index (χ2v) is 14.0. The molecule has 1 amide bonds. The van der Waals surface area contributed by atoms with E-state index in [1.807, 2.05) is 0 Å². The third-order valence-corrected chi connectivity index (χ3v) is 12.1. The predicted octanol–water partition coefficient (Wildman–Crippen LogP) is 6.31. The van der Waals surface area contributed by atoms with E-state index in [9.17, 15) is 53.1 Å². The fraction of sp³-hybridized carbons (Fsp3) is 0.533. The Kier molecular flexibility index (Phi) is 8.27. The van der Waals surface area contributed by atoms with E-state index in [0.29, 0.717) is 37.8 Å². The molecule has 0 aromatic heterocycles. The topological polar surface area (TPSA) is 80.8 Å². The maximum absolute atomic E-state index is 15.0. The number of likely N-dealkylation sites (tertiary alicyclic amines) is 1. The Hall–Kier alpha value is -3.23. The number of sulfone groups is 1. The summed E-state index contributed by atoms with van der Waals surface area (Å²) in [7, 11) is -3.32. The number of amides is 1. The second-order valence-electron chi connectivity index (χ2n) is 11.8. The van der Waals surface area contributed by atoms with Crippen LogP contribution in [0.15, 0.2) is 47.4 Å². The molecular weight excluding hydrogens is 638 g/mol. The average molecular weight is 668 g/mol. The molecule has 1 saturated heterocycles. The van der Waals surface area contributed by atoms with Gasteiger partial charge >= 0.3 is 24.0 Å². The minimum Gasteiger partial charge on any atom is -0.469 e. The molecule has 3 aliphatic rings. The Morgan fingerprint density at radius 3 is 2.00 bits per heavy atom. The summed E-state index contributed by atoms with van der Waals surface area (Å²) in [6, 6.07) is 4.20. The van der Waals surface area contributed by atoms with Gasteiger partial charge in [-0.15, -0.1) is 0 Å². The molecule has 15 heteroatoms.